The summed E-state index contributed by atoms with van der Waals surface area (Å²) in [5.74, 6) is 0.881. The monoisotopic (exact) mass is 269 g/mol. The number of rotatable bonds is 2. The summed E-state index contributed by atoms with van der Waals surface area (Å²) < 4.78 is 11.1. The Bertz CT molecular complexity index is 639. The van der Waals surface area contributed by atoms with Gasteiger partial charge in [-0.15, -0.1) is 0 Å². The number of ether oxygens (including phenoxy) is 2. The second kappa shape index (κ2) is 5.33. The third kappa shape index (κ3) is 2.25. The molecule has 0 fully saturated rings. The van der Waals surface area contributed by atoms with Crippen molar-refractivity contribution in [2.45, 2.75) is 19.3 Å². The summed E-state index contributed by atoms with van der Waals surface area (Å²) in [5, 5.41) is 0. The van der Waals surface area contributed by atoms with Crippen LogP contribution in [0.4, 0.5) is 0 Å². The number of pyridine rings is 1. The molecular formula is C16H15NO3. The Morgan fingerprint density at radius 3 is 3.05 bits per heavy atom. The first-order valence-electron chi connectivity index (χ1n) is 6.66. The first kappa shape index (κ1) is 12.7. The molecule has 0 radical (unpaired) electrons. The molecule has 2 heterocycles. The molecule has 20 heavy (non-hydrogen) atoms. The van der Waals surface area contributed by atoms with Gasteiger partial charge in [0.25, 0.3) is 0 Å². The summed E-state index contributed by atoms with van der Waals surface area (Å²) in [7, 11) is 0. The maximum absolute atomic E-state index is 12.2. The second-order valence-corrected chi connectivity index (χ2v) is 4.63. The lowest BCUT2D eigenvalue weighted by molar-refractivity contribution is -0.144. The minimum atomic E-state index is -0.350. The fourth-order valence-corrected chi connectivity index (χ4v) is 2.43. The van der Waals surface area contributed by atoms with Crippen molar-refractivity contribution in [2.75, 3.05) is 6.61 Å². The van der Waals surface area contributed by atoms with Crippen molar-refractivity contribution in [3.63, 3.8) is 0 Å². The zero-order valence-corrected chi connectivity index (χ0v) is 11.2. The van der Waals surface area contributed by atoms with Crippen LogP contribution in [0.2, 0.25) is 0 Å². The van der Waals surface area contributed by atoms with Crippen molar-refractivity contribution in [1.82, 2.24) is 4.98 Å². The van der Waals surface area contributed by atoms with Crippen LogP contribution in [-0.2, 0) is 16.0 Å². The number of benzene rings is 1. The summed E-state index contributed by atoms with van der Waals surface area (Å²) in [4.78, 5) is 16.3. The van der Waals surface area contributed by atoms with Crippen LogP contribution in [0.1, 0.15) is 24.0 Å². The van der Waals surface area contributed by atoms with E-state index in [0.717, 1.165) is 16.9 Å². The highest BCUT2D eigenvalue weighted by Gasteiger charge is 2.29. The number of aromatic nitrogens is 1. The van der Waals surface area contributed by atoms with Crippen LogP contribution in [0.5, 0.6) is 11.5 Å². The number of carbonyl (C=O) groups is 1. The van der Waals surface area contributed by atoms with Crippen molar-refractivity contribution in [2.24, 2.45) is 0 Å². The van der Waals surface area contributed by atoms with E-state index < -0.39 is 0 Å². The fraction of sp³-hybridized carbons (Fsp3) is 0.250. The highest BCUT2D eigenvalue weighted by atomic mass is 16.5. The molecule has 0 amide bonds. The Hall–Kier alpha value is -2.36. The molecule has 102 valence electrons. The Balaban J connectivity index is 2.08. The number of esters is 1. The van der Waals surface area contributed by atoms with Crippen molar-refractivity contribution in [1.29, 1.82) is 0 Å². The van der Waals surface area contributed by atoms with Gasteiger partial charge in [-0.1, -0.05) is 18.2 Å². The van der Waals surface area contributed by atoms with Gasteiger partial charge in [0.1, 0.15) is 11.5 Å². The lowest BCUT2D eigenvalue weighted by Gasteiger charge is -2.14. The maximum atomic E-state index is 12.2. The molecule has 4 heteroatoms. The first-order valence-corrected chi connectivity index (χ1v) is 6.66. The Morgan fingerprint density at radius 1 is 1.35 bits per heavy atom. The van der Waals surface area contributed by atoms with Gasteiger partial charge in [-0.05, 0) is 25.5 Å². The largest absolute Gasteiger partial charge is 0.466 e. The molecule has 1 aromatic heterocycles. The predicted octanol–water partition coefficient (Wildman–Crippen LogP) is 3.08. The van der Waals surface area contributed by atoms with E-state index in [1.165, 1.54) is 0 Å². The normalized spacial score (nSPS) is 16.4. The zero-order valence-electron chi connectivity index (χ0n) is 11.2. The number of hydrogen-bond donors (Lipinski definition) is 0. The molecule has 1 aromatic carbocycles. The lowest BCUT2D eigenvalue weighted by Crippen LogP contribution is -2.17. The minimum absolute atomic E-state index is 0.222. The van der Waals surface area contributed by atoms with Crippen LogP contribution in [0.15, 0.2) is 42.7 Å². The molecule has 0 aliphatic carbocycles. The van der Waals surface area contributed by atoms with Crippen molar-refractivity contribution >= 4 is 5.97 Å². The number of hydrogen-bond acceptors (Lipinski definition) is 4. The topological polar surface area (TPSA) is 48.4 Å². The third-order valence-electron chi connectivity index (χ3n) is 3.37. The average molecular weight is 269 g/mol. The fourth-order valence-electron chi connectivity index (χ4n) is 2.43. The van der Waals surface area contributed by atoms with Crippen LogP contribution in [0.25, 0.3) is 0 Å². The van der Waals surface area contributed by atoms with E-state index in [1.807, 2.05) is 37.3 Å². The molecule has 1 aliphatic rings. The van der Waals surface area contributed by atoms with Gasteiger partial charge in [-0.25, -0.2) is 0 Å². The molecule has 1 atom stereocenters. The first-order chi connectivity index (χ1) is 9.79. The summed E-state index contributed by atoms with van der Waals surface area (Å²) in [6.07, 6.45) is 3.97. The lowest BCUT2D eigenvalue weighted by atomic mass is 9.92. The van der Waals surface area contributed by atoms with Gasteiger partial charge in [0.2, 0.25) is 0 Å². The highest BCUT2D eigenvalue weighted by molar-refractivity contribution is 5.80. The average Bonchev–Trinajstić information content (AvgIpc) is 2.64. The quantitative estimate of drug-likeness (QED) is 0.786. The van der Waals surface area contributed by atoms with Crippen molar-refractivity contribution < 1.29 is 14.3 Å². The van der Waals surface area contributed by atoms with Crippen molar-refractivity contribution in [3.05, 3.63) is 53.9 Å². The molecule has 4 nitrogen and oxygen atoms in total. The van der Waals surface area contributed by atoms with Crippen LogP contribution >= 0.6 is 0 Å². The molecule has 0 spiro atoms. The second-order valence-electron chi connectivity index (χ2n) is 4.63. The molecule has 0 saturated heterocycles. The molecule has 3 rings (SSSR count). The van der Waals surface area contributed by atoms with Gasteiger partial charge in [-0.3, -0.25) is 9.78 Å². The summed E-state index contributed by atoms with van der Waals surface area (Å²) in [6, 6.07) is 9.41. The van der Waals surface area contributed by atoms with E-state index in [2.05, 4.69) is 4.98 Å². The molecule has 1 unspecified atom stereocenters. The summed E-state index contributed by atoms with van der Waals surface area (Å²) >= 11 is 0. The van der Waals surface area contributed by atoms with Crippen LogP contribution in [-0.4, -0.2) is 17.6 Å². The number of carbonyl (C=O) groups excluding carboxylic acids is 1. The van der Waals surface area contributed by atoms with Crippen LogP contribution in [0.3, 0.4) is 0 Å². The van der Waals surface area contributed by atoms with E-state index in [4.69, 9.17) is 9.47 Å². The van der Waals surface area contributed by atoms with E-state index >= 15 is 0 Å². The number of nitrogens with zero attached hydrogens (tertiary/aromatic N) is 1. The van der Waals surface area contributed by atoms with Gasteiger partial charge >= 0.3 is 5.97 Å². The Labute approximate surface area is 117 Å². The number of para-hydroxylation sites is 1. The molecule has 0 saturated carbocycles. The van der Waals surface area contributed by atoms with Crippen LogP contribution in [0, 0.1) is 0 Å². The molecule has 2 aromatic rings. The van der Waals surface area contributed by atoms with Gasteiger partial charge in [0, 0.05) is 23.5 Å². The van der Waals surface area contributed by atoms with E-state index in [0.29, 0.717) is 18.8 Å². The van der Waals surface area contributed by atoms with E-state index in [-0.39, 0.29) is 11.9 Å². The van der Waals surface area contributed by atoms with Gasteiger partial charge < -0.3 is 9.47 Å². The van der Waals surface area contributed by atoms with E-state index in [1.54, 1.807) is 12.4 Å². The molecule has 0 N–H and O–H groups in total. The van der Waals surface area contributed by atoms with Crippen LogP contribution < -0.4 is 4.74 Å². The standard InChI is InChI=1S/C16H15NO3/c1-2-19-16(18)13-9-11-10-17-8-7-14(11)20-15-6-4-3-5-12(13)15/h3-8,10,13H,2,9H2,1H3. The highest BCUT2D eigenvalue weighted by Crippen LogP contribution is 2.39. The van der Waals surface area contributed by atoms with Gasteiger partial charge in [-0.2, -0.15) is 0 Å². The SMILES string of the molecule is CCOC(=O)C1Cc2cnccc2Oc2ccccc21. The summed E-state index contributed by atoms with van der Waals surface area (Å²) in [6.45, 7) is 2.19. The maximum Gasteiger partial charge on any atom is 0.313 e. The number of fused-ring (bicyclic) bond motifs is 2. The smallest absolute Gasteiger partial charge is 0.313 e. The summed E-state index contributed by atoms with van der Waals surface area (Å²) in [5.41, 5.74) is 1.78. The molecule has 1 aliphatic heterocycles. The van der Waals surface area contributed by atoms with Gasteiger partial charge in [0.05, 0.1) is 12.5 Å². The molecular weight excluding hydrogens is 254 g/mol. The van der Waals surface area contributed by atoms with E-state index in [9.17, 15) is 4.79 Å². The Kier molecular flexibility index (Phi) is 3.37. The van der Waals surface area contributed by atoms with Gasteiger partial charge in [0.15, 0.2) is 0 Å². The zero-order chi connectivity index (χ0) is 13.9. The minimum Gasteiger partial charge on any atom is -0.466 e. The Morgan fingerprint density at radius 2 is 2.20 bits per heavy atom. The molecule has 0 bridgehead atoms. The predicted molar refractivity (Wildman–Crippen MR) is 73.8 cm³/mol. The van der Waals surface area contributed by atoms with Crippen molar-refractivity contribution in [3.8, 4) is 11.5 Å². The third-order valence-corrected chi connectivity index (χ3v) is 3.37.